The zero-order valence-corrected chi connectivity index (χ0v) is 17.1. The minimum Gasteiger partial charge on any atom is -0.366 e. The number of fused-ring (bicyclic) bond motifs is 2. The van der Waals surface area contributed by atoms with E-state index >= 15 is 0 Å². The van der Waals surface area contributed by atoms with E-state index in [4.69, 9.17) is 15.7 Å². The Labute approximate surface area is 178 Å². The third kappa shape index (κ3) is 3.42. The first-order valence-corrected chi connectivity index (χ1v) is 10.3. The molecule has 1 aliphatic carbocycles. The number of amides is 1. The van der Waals surface area contributed by atoms with Crippen LogP contribution < -0.4 is 11.1 Å². The lowest BCUT2D eigenvalue weighted by molar-refractivity contribution is 0.100. The molecule has 0 atom stereocenters. The van der Waals surface area contributed by atoms with E-state index in [2.05, 4.69) is 10.3 Å². The van der Waals surface area contributed by atoms with Crippen LogP contribution in [0, 0.1) is 12.7 Å². The summed E-state index contributed by atoms with van der Waals surface area (Å²) in [7, 11) is 0. The molecule has 2 heterocycles. The number of hydrogen-bond donors (Lipinski definition) is 3. The van der Waals surface area contributed by atoms with Gasteiger partial charge in [-0.15, -0.1) is 0 Å². The van der Waals surface area contributed by atoms with Crippen molar-refractivity contribution in [2.45, 2.75) is 32.7 Å². The molecule has 0 unspecified atom stereocenters. The molecule has 1 aliphatic rings. The maximum absolute atomic E-state index is 13.6. The number of para-hydroxylation sites is 1. The van der Waals surface area contributed by atoms with E-state index in [1.807, 2.05) is 25.1 Å². The standard InChI is InChI=1S/C24H22FN5O/c1-13-20(17-8-3-9-18(22(26)31)21(17)28-13)24-29-19-10-4-7-16(19)23(30-24)27-12-14-5-2-6-15(25)11-14/h2-3,5-6,8-9,11,28H,4,7,10,12H2,1H3,(H2,26,31)(H,27,29,30). The van der Waals surface area contributed by atoms with Crippen LogP contribution in [0.25, 0.3) is 22.3 Å². The summed E-state index contributed by atoms with van der Waals surface area (Å²) in [4.78, 5) is 24.9. The van der Waals surface area contributed by atoms with Gasteiger partial charge < -0.3 is 16.0 Å². The van der Waals surface area contributed by atoms with Gasteiger partial charge in [0.2, 0.25) is 0 Å². The van der Waals surface area contributed by atoms with Gasteiger partial charge in [0, 0.05) is 34.4 Å². The predicted molar refractivity (Wildman–Crippen MR) is 118 cm³/mol. The zero-order chi connectivity index (χ0) is 21.5. The number of carbonyl (C=O) groups is 1. The fourth-order valence-corrected chi connectivity index (χ4v) is 4.36. The molecule has 31 heavy (non-hydrogen) atoms. The Balaban J connectivity index is 1.60. The van der Waals surface area contributed by atoms with Gasteiger partial charge in [0.1, 0.15) is 11.6 Å². The molecule has 2 aromatic heterocycles. The largest absolute Gasteiger partial charge is 0.366 e. The molecule has 4 N–H and O–H groups in total. The lowest BCUT2D eigenvalue weighted by Gasteiger charge is -2.13. The Bertz CT molecular complexity index is 1330. The SMILES string of the molecule is Cc1[nH]c2c(C(N)=O)cccc2c1-c1nc2c(c(NCc3cccc(F)c3)n1)CCC2. The predicted octanol–water partition coefficient (Wildman–Crippen LogP) is 4.27. The van der Waals surface area contributed by atoms with Gasteiger partial charge in [0.15, 0.2) is 5.82 Å². The molecule has 156 valence electrons. The molecule has 1 amide bonds. The third-order valence-corrected chi connectivity index (χ3v) is 5.79. The second kappa shape index (κ2) is 7.50. The monoisotopic (exact) mass is 415 g/mol. The molecule has 0 saturated carbocycles. The Morgan fingerprint density at radius 3 is 2.84 bits per heavy atom. The van der Waals surface area contributed by atoms with E-state index in [-0.39, 0.29) is 5.82 Å². The van der Waals surface area contributed by atoms with Gasteiger partial charge in [0.25, 0.3) is 5.91 Å². The Morgan fingerprint density at radius 1 is 1.19 bits per heavy atom. The molecular weight excluding hydrogens is 393 g/mol. The lowest BCUT2D eigenvalue weighted by Crippen LogP contribution is -2.11. The number of carbonyl (C=O) groups excluding carboxylic acids is 1. The van der Waals surface area contributed by atoms with Gasteiger partial charge >= 0.3 is 0 Å². The first-order valence-electron chi connectivity index (χ1n) is 10.3. The van der Waals surface area contributed by atoms with Crippen LogP contribution in [0.4, 0.5) is 10.2 Å². The Morgan fingerprint density at radius 2 is 2.03 bits per heavy atom. The number of nitrogens with two attached hydrogens (primary N) is 1. The first kappa shape index (κ1) is 19.2. The van der Waals surface area contributed by atoms with Gasteiger partial charge in [-0.2, -0.15) is 0 Å². The minimum atomic E-state index is -0.481. The fourth-order valence-electron chi connectivity index (χ4n) is 4.36. The van der Waals surface area contributed by atoms with Crippen LogP contribution in [0.5, 0.6) is 0 Å². The fraction of sp³-hybridized carbons (Fsp3) is 0.208. The van der Waals surface area contributed by atoms with Crippen molar-refractivity contribution >= 4 is 22.6 Å². The molecule has 5 rings (SSSR count). The van der Waals surface area contributed by atoms with Gasteiger partial charge in [-0.05, 0) is 49.9 Å². The van der Waals surface area contributed by atoms with Gasteiger partial charge in [-0.3, -0.25) is 4.79 Å². The number of anilines is 1. The van der Waals surface area contributed by atoms with Crippen LogP contribution in [-0.4, -0.2) is 20.9 Å². The Hall–Kier alpha value is -3.74. The van der Waals surface area contributed by atoms with E-state index in [0.717, 1.165) is 58.5 Å². The number of H-pyrrole nitrogens is 1. The quantitative estimate of drug-likeness (QED) is 0.453. The molecule has 6 nitrogen and oxygen atoms in total. The van der Waals surface area contributed by atoms with E-state index in [9.17, 15) is 9.18 Å². The van der Waals surface area contributed by atoms with E-state index in [0.29, 0.717) is 23.4 Å². The van der Waals surface area contributed by atoms with E-state index < -0.39 is 5.91 Å². The van der Waals surface area contributed by atoms with Crippen molar-refractivity contribution in [1.29, 1.82) is 0 Å². The molecule has 4 aromatic rings. The van der Waals surface area contributed by atoms with Crippen LogP contribution >= 0.6 is 0 Å². The van der Waals surface area contributed by atoms with Crippen molar-refractivity contribution < 1.29 is 9.18 Å². The van der Waals surface area contributed by atoms with Crippen molar-refractivity contribution in [2.75, 3.05) is 5.32 Å². The molecule has 0 bridgehead atoms. The summed E-state index contributed by atoms with van der Waals surface area (Å²) in [6.45, 7) is 2.41. The van der Waals surface area contributed by atoms with Crippen molar-refractivity contribution in [2.24, 2.45) is 5.73 Å². The van der Waals surface area contributed by atoms with Crippen molar-refractivity contribution in [1.82, 2.24) is 15.0 Å². The van der Waals surface area contributed by atoms with E-state index in [1.54, 1.807) is 12.1 Å². The summed E-state index contributed by atoms with van der Waals surface area (Å²) in [5.41, 5.74) is 11.4. The maximum Gasteiger partial charge on any atom is 0.250 e. The van der Waals surface area contributed by atoms with Crippen LogP contribution in [0.2, 0.25) is 0 Å². The second-order valence-corrected chi connectivity index (χ2v) is 7.88. The number of primary amides is 1. The molecule has 0 spiro atoms. The summed E-state index contributed by atoms with van der Waals surface area (Å²) < 4.78 is 13.6. The summed E-state index contributed by atoms with van der Waals surface area (Å²) in [6.07, 6.45) is 2.84. The number of aromatic amines is 1. The molecule has 0 saturated heterocycles. The highest BCUT2D eigenvalue weighted by atomic mass is 19.1. The molecule has 0 aliphatic heterocycles. The molecule has 7 heteroatoms. The minimum absolute atomic E-state index is 0.257. The molecule has 0 fully saturated rings. The van der Waals surface area contributed by atoms with E-state index in [1.165, 1.54) is 12.1 Å². The highest BCUT2D eigenvalue weighted by molar-refractivity contribution is 6.09. The van der Waals surface area contributed by atoms with Crippen LogP contribution in [0.3, 0.4) is 0 Å². The van der Waals surface area contributed by atoms with Crippen molar-refractivity contribution in [3.8, 4) is 11.4 Å². The number of nitrogens with zero attached hydrogens (tertiary/aromatic N) is 2. The Kier molecular flexibility index (Phi) is 4.66. The summed E-state index contributed by atoms with van der Waals surface area (Å²) >= 11 is 0. The van der Waals surface area contributed by atoms with Crippen LogP contribution in [-0.2, 0) is 19.4 Å². The third-order valence-electron chi connectivity index (χ3n) is 5.79. The number of aryl methyl sites for hydroxylation is 2. The number of nitrogens with one attached hydrogen (secondary N) is 2. The van der Waals surface area contributed by atoms with Gasteiger partial charge in [-0.25, -0.2) is 14.4 Å². The number of rotatable bonds is 5. The average molecular weight is 415 g/mol. The summed E-state index contributed by atoms with van der Waals surface area (Å²) in [5, 5.41) is 4.25. The smallest absolute Gasteiger partial charge is 0.250 e. The number of hydrogen-bond acceptors (Lipinski definition) is 4. The maximum atomic E-state index is 13.6. The summed E-state index contributed by atoms with van der Waals surface area (Å²) in [6, 6.07) is 12.0. The van der Waals surface area contributed by atoms with Gasteiger partial charge in [0.05, 0.1) is 11.1 Å². The molecular formula is C24H22FN5O. The first-order chi connectivity index (χ1) is 15.0. The zero-order valence-electron chi connectivity index (χ0n) is 17.1. The van der Waals surface area contributed by atoms with Crippen LogP contribution in [0.1, 0.15) is 39.3 Å². The number of benzene rings is 2. The number of halogens is 1. The van der Waals surface area contributed by atoms with Gasteiger partial charge in [-0.1, -0.05) is 24.3 Å². The lowest BCUT2D eigenvalue weighted by atomic mass is 10.1. The average Bonchev–Trinajstić information content (AvgIpc) is 3.35. The van der Waals surface area contributed by atoms with Crippen molar-refractivity contribution in [3.63, 3.8) is 0 Å². The highest BCUT2D eigenvalue weighted by Crippen LogP contribution is 2.35. The molecule has 2 aromatic carbocycles. The second-order valence-electron chi connectivity index (χ2n) is 7.88. The highest BCUT2D eigenvalue weighted by Gasteiger charge is 2.23. The topological polar surface area (TPSA) is 96.7 Å². The van der Waals surface area contributed by atoms with Crippen molar-refractivity contribution in [3.05, 3.63) is 76.4 Å². The molecule has 0 radical (unpaired) electrons. The summed E-state index contributed by atoms with van der Waals surface area (Å²) in [5.74, 6) is 0.646. The van der Waals surface area contributed by atoms with Crippen LogP contribution in [0.15, 0.2) is 42.5 Å². The number of aromatic nitrogens is 3. The normalized spacial score (nSPS) is 12.8.